The highest BCUT2D eigenvalue weighted by Crippen LogP contribution is 2.57. The average molecular weight is 519 g/mol. The minimum absolute atomic E-state index is 0.0453. The molecule has 4 fully saturated rings. The second-order valence-corrected chi connectivity index (χ2v) is 12.3. The quantitative estimate of drug-likeness (QED) is 0.248. The van der Waals surface area contributed by atoms with Crippen molar-refractivity contribution in [2.75, 3.05) is 6.61 Å². The van der Waals surface area contributed by atoms with Crippen LogP contribution < -0.4 is 0 Å². The number of rotatable bonds is 8. The smallest absolute Gasteiger partial charge is 0.306 e. The standard InChI is InChI=1S/C30H46O7/c1-7-8-9-10-11-12-25(33)37-24-15-22(32)17(2)14-23-27-26-21(13-18(3)28(27)35-20(5)31)19(4)16-34-30(24,6)29(26)36-23/h18-19,21,23-24,26-29H,2,7-16H2,1,3-6H3/t18-,19+,21?,23+,24-,26+,27+,28-,29+,30+/m1/s1. The number of hydrogen-bond acceptors (Lipinski definition) is 7. The van der Waals surface area contributed by atoms with Crippen LogP contribution in [0.3, 0.4) is 0 Å². The Kier molecular flexibility index (Phi) is 8.84. The number of ketones is 1. The molecule has 7 heteroatoms. The molecule has 1 aliphatic carbocycles. The molecule has 7 nitrogen and oxygen atoms in total. The molecular weight excluding hydrogens is 472 g/mol. The first-order chi connectivity index (χ1) is 17.6. The van der Waals surface area contributed by atoms with Crippen LogP contribution in [-0.2, 0) is 33.3 Å². The van der Waals surface area contributed by atoms with Crippen LogP contribution in [0.1, 0.15) is 92.4 Å². The van der Waals surface area contributed by atoms with Crippen LogP contribution in [0.5, 0.6) is 0 Å². The van der Waals surface area contributed by atoms with Crippen molar-refractivity contribution >= 4 is 17.7 Å². The van der Waals surface area contributed by atoms with E-state index in [1.165, 1.54) is 6.92 Å². The van der Waals surface area contributed by atoms with Gasteiger partial charge in [-0.2, -0.15) is 0 Å². The van der Waals surface area contributed by atoms with Gasteiger partial charge in [-0.1, -0.05) is 53.0 Å². The van der Waals surface area contributed by atoms with E-state index in [0.29, 0.717) is 30.9 Å². The maximum absolute atomic E-state index is 13.3. The molecular formula is C30H46O7. The van der Waals surface area contributed by atoms with Gasteiger partial charge in [-0.05, 0) is 43.1 Å². The zero-order chi connectivity index (χ0) is 26.9. The highest BCUT2D eigenvalue weighted by Gasteiger charge is 2.65. The van der Waals surface area contributed by atoms with E-state index in [2.05, 4.69) is 27.4 Å². The monoisotopic (exact) mass is 518 g/mol. The number of carbonyl (C=O) groups is 3. The van der Waals surface area contributed by atoms with E-state index >= 15 is 0 Å². The summed E-state index contributed by atoms with van der Waals surface area (Å²) in [6.07, 6.45) is 5.12. The van der Waals surface area contributed by atoms with E-state index < -0.39 is 11.7 Å². The van der Waals surface area contributed by atoms with Crippen molar-refractivity contribution in [2.45, 2.75) is 122 Å². The van der Waals surface area contributed by atoms with Crippen molar-refractivity contribution in [1.29, 1.82) is 0 Å². The van der Waals surface area contributed by atoms with E-state index in [1.807, 2.05) is 6.92 Å². The van der Waals surface area contributed by atoms with E-state index in [1.54, 1.807) is 0 Å². The summed E-state index contributed by atoms with van der Waals surface area (Å²) in [6, 6.07) is 0. The van der Waals surface area contributed by atoms with Gasteiger partial charge in [0.15, 0.2) is 5.78 Å². The average Bonchev–Trinajstić information content (AvgIpc) is 3.18. The predicted octanol–water partition coefficient (Wildman–Crippen LogP) is 5.19. The zero-order valence-corrected chi connectivity index (χ0v) is 23.3. The fourth-order valence-electron chi connectivity index (χ4n) is 7.47. The van der Waals surface area contributed by atoms with Crippen molar-refractivity contribution in [2.24, 2.45) is 29.6 Å². The molecule has 0 N–H and O–H groups in total. The molecule has 3 heterocycles. The van der Waals surface area contributed by atoms with E-state index in [0.717, 1.165) is 38.5 Å². The Morgan fingerprint density at radius 1 is 1.05 bits per heavy atom. The normalized spacial score (nSPS) is 41.3. The summed E-state index contributed by atoms with van der Waals surface area (Å²) in [6.45, 7) is 14.5. The van der Waals surface area contributed by atoms with Gasteiger partial charge in [-0.25, -0.2) is 0 Å². The Morgan fingerprint density at radius 2 is 1.78 bits per heavy atom. The molecule has 208 valence electrons. The van der Waals surface area contributed by atoms with Gasteiger partial charge in [0.2, 0.25) is 0 Å². The Bertz CT molecular complexity index is 883. The molecule has 0 aromatic carbocycles. The summed E-state index contributed by atoms with van der Waals surface area (Å²) >= 11 is 0. The van der Waals surface area contributed by atoms with Gasteiger partial charge < -0.3 is 18.9 Å². The zero-order valence-electron chi connectivity index (χ0n) is 23.3. The lowest BCUT2D eigenvalue weighted by molar-refractivity contribution is -0.203. The van der Waals surface area contributed by atoms with Crippen LogP contribution >= 0.6 is 0 Å². The van der Waals surface area contributed by atoms with E-state index in [4.69, 9.17) is 18.9 Å². The number of esters is 2. The Labute approximate surface area is 222 Å². The molecule has 1 saturated carbocycles. The van der Waals surface area contributed by atoms with Gasteiger partial charge in [0.1, 0.15) is 17.8 Å². The molecule has 0 aromatic heterocycles. The minimum atomic E-state index is -0.986. The first-order valence-corrected chi connectivity index (χ1v) is 14.4. The third kappa shape index (κ3) is 5.68. The largest absolute Gasteiger partial charge is 0.462 e. The number of hydrogen-bond donors (Lipinski definition) is 0. The predicted molar refractivity (Wildman–Crippen MR) is 139 cm³/mol. The molecule has 3 aliphatic heterocycles. The molecule has 0 amide bonds. The van der Waals surface area contributed by atoms with Crippen molar-refractivity contribution in [3.63, 3.8) is 0 Å². The van der Waals surface area contributed by atoms with Crippen LogP contribution in [0.2, 0.25) is 0 Å². The maximum Gasteiger partial charge on any atom is 0.306 e. The third-order valence-corrected chi connectivity index (χ3v) is 9.49. The fourth-order valence-corrected chi connectivity index (χ4v) is 7.47. The Morgan fingerprint density at radius 3 is 2.49 bits per heavy atom. The first kappa shape index (κ1) is 28.3. The third-order valence-electron chi connectivity index (χ3n) is 9.49. The number of unbranched alkanes of at least 4 members (excludes halogenated alkanes) is 4. The summed E-state index contributed by atoms with van der Waals surface area (Å²) in [5, 5.41) is 0. The number of Topliss-reactive ketones (excluding diaryl/α,β-unsaturated/α-hetero) is 1. The lowest BCUT2D eigenvalue weighted by Gasteiger charge is -2.47. The highest BCUT2D eigenvalue weighted by molar-refractivity contribution is 5.95. The van der Waals surface area contributed by atoms with Gasteiger partial charge in [-0.15, -0.1) is 0 Å². The molecule has 4 rings (SSSR count). The van der Waals surface area contributed by atoms with Crippen molar-refractivity contribution in [3.05, 3.63) is 12.2 Å². The lowest BCUT2D eigenvalue weighted by Crippen LogP contribution is -2.57. The van der Waals surface area contributed by atoms with E-state index in [9.17, 15) is 14.4 Å². The van der Waals surface area contributed by atoms with Gasteiger partial charge >= 0.3 is 11.9 Å². The minimum Gasteiger partial charge on any atom is -0.462 e. The Hall–Kier alpha value is -1.73. The summed E-state index contributed by atoms with van der Waals surface area (Å²) in [4.78, 5) is 38.4. The molecule has 1 unspecified atom stereocenters. The number of fused-ring (bicyclic) bond motifs is 2. The Balaban J connectivity index is 1.66. The first-order valence-electron chi connectivity index (χ1n) is 14.4. The number of carbonyl (C=O) groups excluding carboxylic acids is 3. The fraction of sp³-hybridized carbons (Fsp3) is 0.833. The van der Waals surface area contributed by atoms with Crippen LogP contribution in [0.4, 0.5) is 0 Å². The topological polar surface area (TPSA) is 88.1 Å². The maximum atomic E-state index is 13.3. The van der Waals surface area contributed by atoms with Crippen LogP contribution in [-0.4, -0.2) is 54.3 Å². The summed E-state index contributed by atoms with van der Waals surface area (Å²) < 4.78 is 25.4. The van der Waals surface area contributed by atoms with Gasteiger partial charge in [0.25, 0.3) is 0 Å². The molecule has 2 bridgehead atoms. The number of ether oxygens (including phenoxy) is 4. The van der Waals surface area contributed by atoms with Crippen molar-refractivity contribution in [3.8, 4) is 0 Å². The van der Waals surface area contributed by atoms with Crippen molar-refractivity contribution < 1.29 is 33.3 Å². The second kappa shape index (κ2) is 11.6. The van der Waals surface area contributed by atoms with Crippen LogP contribution in [0, 0.1) is 29.6 Å². The van der Waals surface area contributed by atoms with Crippen molar-refractivity contribution in [1.82, 2.24) is 0 Å². The summed E-state index contributed by atoms with van der Waals surface area (Å²) in [5.41, 5.74) is -0.516. The van der Waals surface area contributed by atoms with Crippen LogP contribution in [0.15, 0.2) is 12.2 Å². The second-order valence-electron chi connectivity index (χ2n) is 12.3. The molecule has 3 saturated heterocycles. The summed E-state index contributed by atoms with van der Waals surface area (Å²) in [5.74, 6) is 0.0365. The van der Waals surface area contributed by atoms with Gasteiger partial charge in [-0.3, -0.25) is 14.4 Å². The van der Waals surface area contributed by atoms with Gasteiger partial charge in [0.05, 0.1) is 25.2 Å². The summed E-state index contributed by atoms with van der Waals surface area (Å²) in [7, 11) is 0. The van der Waals surface area contributed by atoms with E-state index in [-0.39, 0.29) is 66.1 Å². The SMILES string of the molecule is C=C1C[C@@H]2O[C@H]3[C@H]4C(C[C@@H](C)[C@@H](OC(C)=O)[C@H]42)[C@@H](C)CO[C@@]3(C)[C@H](OC(=O)CCCCCCC)CC1=O. The molecule has 4 aliphatic rings. The van der Waals surface area contributed by atoms with Gasteiger partial charge in [0, 0.05) is 31.6 Å². The molecule has 0 aromatic rings. The molecule has 0 radical (unpaired) electrons. The molecule has 10 atom stereocenters. The molecule has 37 heavy (non-hydrogen) atoms. The highest BCUT2D eigenvalue weighted by atomic mass is 16.6. The molecule has 0 spiro atoms. The lowest BCUT2D eigenvalue weighted by atomic mass is 9.59. The van der Waals surface area contributed by atoms with Crippen LogP contribution in [0.25, 0.3) is 0 Å².